The first-order chi connectivity index (χ1) is 11.7. The summed E-state index contributed by atoms with van der Waals surface area (Å²) in [6, 6.07) is 9.32. The Morgan fingerprint density at radius 1 is 1.25 bits per heavy atom. The molecule has 1 amide bonds. The van der Waals surface area contributed by atoms with Crippen molar-refractivity contribution in [3.05, 3.63) is 57.5 Å². The van der Waals surface area contributed by atoms with E-state index >= 15 is 0 Å². The van der Waals surface area contributed by atoms with E-state index in [4.69, 9.17) is 0 Å². The number of aryl methyl sites for hydroxylation is 3. The van der Waals surface area contributed by atoms with Crippen molar-refractivity contribution in [3.63, 3.8) is 0 Å². The number of carbonyl (C=O) groups excluding carboxylic acids is 1. The summed E-state index contributed by atoms with van der Waals surface area (Å²) in [5.41, 5.74) is 1.92. The van der Waals surface area contributed by atoms with Gasteiger partial charge in [-0.2, -0.15) is 0 Å². The Labute approximate surface area is 143 Å². The molecule has 0 radical (unpaired) electrons. The molecule has 0 bridgehead atoms. The lowest BCUT2D eigenvalue weighted by molar-refractivity contribution is -0.116. The summed E-state index contributed by atoms with van der Waals surface area (Å²) in [6.07, 6.45) is 4.94. The SMILES string of the molecule is O=C(CCn1cnc2sc3c(c2c1=O)CCC3)Nc1ccccc1. The number of aromatic nitrogens is 2. The second-order valence-electron chi connectivity index (χ2n) is 5.94. The molecule has 122 valence electrons. The molecule has 0 aliphatic heterocycles. The third kappa shape index (κ3) is 2.73. The predicted molar refractivity (Wildman–Crippen MR) is 95.6 cm³/mol. The van der Waals surface area contributed by atoms with E-state index in [9.17, 15) is 9.59 Å². The molecular weight excluding hydrogens is 322 g/mol. The maximum Gasteiger partial charge on any atom is 0.262 e. The van der Waals surface area contributed by atoms with Crippen molar-refractivity contribution in [1.29, 1.82) is 0 Å². The molecule has 0 fully saturated rings. The molecule has 1 aromatic carbocycles. The molecule has 0 unspecified atom stereocenters. The summed E-state index contributed by atoms with van der Waals surface area (Å²) in [5.74, 6) is -0.108. The number of hydrogen-bond acceptors (Lipinski definition) is 4. The highest BCUT2D eigenvalue weighted by atomic mass is 32.1. The van der Waals surface area contributed by atoms with Crippen LogP contribution in [0, 0.1) is 0 Å². The largest absolute Gasteiger partial charge is 0.326 e. The van der Waals surface area contributed by atoms with Gasteiger partial charge in [-0.25, -0.2) is 4.98 Å². The predicted octanol–water partition coefficient (Wildman–Crippen LogP) is 2.98. The second-order valence-corrected chi connectivity index (χ2v) is 7.03. The molecule has 6 heteroatoms. The van der Waals surface area contributed by atoms with Gasteiger partial charge in [-0.3, -0.25) is 14.2 Å². The van der Waals surface area contributed by atoms with Gasteiger partial charge in [0.2, 0.25) is 5.91 Å². The van der Waals surface area contributed by atoms with Gasteiger partial charge < -0.3 is 5.32 Å². The average Bonchev–Trinajstić information content (AvgIpc) is 3.16. The fourth-order valence-corrected chi connectivity index (χ4v) is 4.37. The van der Waals surface area contributed by atoms with E-state index in [1.165, 1.54) is 10.4 Å². The van der Waals surface area contributed by atoms with E-state index in [1.807, 2.05) is 30.3 Å². The van der Waals surface area contributed by atoms with Crippen molar-refractivity contribution in [2.24, 2.45) is 0 Å². The molecule has 5 nitrogen and oxygen atoms in total. The van der Waals surface area contributed by atoms with Crippen molar-refractivity contribution in [2.75, 3.05) is 5.32 Å². The number of fused-ring (bicyclic) bond motifs is 3. The number of nitrogens with one attached hydrogen (secondary N) is 1. The molecule has 0 atom stereocenters. The van der Waals surface area contributed by atoms with Crippen LogP contribution >= 0.6 is 11.3 Å². The van der Waals surface area contributed by atoms with Gasteiger partial charge in [-0.1, -0.05) is 18.2 Å². The summed E-state index contributed by atoms with van der Waals surface area (Å²) in [6.45, 7) is 0.338. The number of anilines is 1. The minimum atomic E-state index is -0.108. The van der Waals surface area contributed by atoms with Crippen LogP contribution in [0.5, 0.6) is 0 Å². The van der Waals surface area contributed by atoms with Gasteiger partial charge in [0.15, 0.2) is 0 Å². The number of benzene rings is 1. The number of thiophene rings is 1. The van der Waals surface area contributed by atoms with Crippen molar-refractivity contribution in [2.45, 2.75) is 32.2 Å². The van der Waals surface area contributed by atoms with Gasteiger partial charge in [-0.15, -0.1) is 11.3 Å². The van der Waals surface area contributed by atoms with Crippen LogP contribution in [-0.2, 0) is 24.2 Å². The highest BCUT2D eigenvalue weighted by molar-refractivity contribution is 7.18. The standard InChI is InChI=1S/C18H17N3O2S/c22-15(20-12-5-2-1-3-6-12)9-10-21-11-19-17-16(18(21)23)13-7-4-8-14(13)24-17/h1-3,5-6,11H,4,7-10H2,(H,20,22). The van der Waals surface area contributed by atoms with Gasteiger partial charge in [0.25, 0.3) is 5.56 Å². The highest BCUT2D eigenvalue weighted by Gasteiger charge is 2.21. The molecule has 24 heavy (non-hydrogen) atoms. The van der Waals surface area contributed by atoms with Crippen molar-refractivity contribution < 1.29 is 4.79 Å². The second kappa shape index (κ2) is 6.20. The highest BCUT2D eigenvalue weighted by Crippen LogP contribution is 2.34. The number of nitrogens with zero attached hydrogens (tertiary/aromatic N) is 2. The molecule has 1 aliphatic carbocycles. The zero-order valence-electron chi connectivity index (χ0n) is 13.1. The van der Waals surface area contributed by atoms with Crippen LogP contribution in [0.1, 0.15) is 23.3 Å². The Balaban J connectivity index is 1.52. The lowest BCUT2D eigenvalue weighted by atomic mass is 10.2. The Hall–Kier alpha value is -2.47. The van der Waals surface area contributed by atoms with Crippen LogP contribution in [0.3, 0.4) is 0 Å². The maximum atomic E-state index is 12.7. The van der Waals surface area contributed by atoms with E-state index in [-0.39, 0.29) is 17.9 Å². The van der Waals surface area contributed by atoms with Gasteiger partial charge in [0.1, 0.15) is 4.83 Å². The Morgan fingerprint density at radius 2 is 2.08 bits per heavy atom. The first-order valence-corrected chi connectivity index (χ1v) is 8.88. The smallest absolute Gasteiger partial charge is 0.262 e. The van der Waals surface area contributed by atoms with Gasteiger partial charge >= 0.3 is 0 Å². The van der Waals surface area contributed by atoms with Crippen molar-refractivity contribution >= 4 is 33.1 Å². The summed E-state index contributed by atoms with van der Waals surface area (Å²) in [5, 5.41) is 3.60. The topological polar surface area (TPSA) is 64.0 Å². The fourth-order valence-electron chi connectivity index (χ4n) is 3.15. The van der Waals surface area contributed by atoms with E-state index in [0.717, 1.165) is 35.2 Å². The van der Waals surface area contributed by atoms with Gasteiger partial charge in [0.05, 0.1) is 11.7 Å². The summed E-state index contributed by atoms with van der Waals surface area (Å²) in [4.78, 5) is 31.3. The van der Waals surface area contributed by atoms with Crippen LogP contribution in [0.2, 0.25) is 0 Å². The molecule has 0 spiro atoms. The van der Waals surface area contributed by atoms with Gasteiger partial charge in [-0.05, 0) is 37.0 Å². The van der Waals surface area contributed by atoms with Crippen LogP contribution < -0.4 is 10.9 Å². The lowest BCUT2D eigenvalue weighted by Gasteiger charge is -2.07. The molecule has 0 saturated heterocycles. The Morgan fingerprint density at radius 3 is 2.92 bits per heavy atom. The van der Waals surface area contributed by atoms with Gasteiger partial charge in [0, 0.05) is 23.5 Å². The van der Waals surface area contributed by atoms with Crippen LogP contribution in [0.4, 0.5) is 5.69 Å². The third-order valence-corrected chi connectivity index (χ3v) is 5.53. The molecule has 3 aromatic rings. The quantitative estimate of drug-likeness (QED) is 0.795. The van der Waals surface area contributed by atoms with E-state index in [1.54, 1.807) is 22.2 Å². The van der Waals surface area contributed by atoms with Crippen LogP contribution in [0.15, 0.2) is 41.5 Å². The number of carbonyl (C=O) groups is 1. The Kier molecular flexibility index (Phi) is 3.90. The monoisotopic (exact) mass is 339 g/mol. The molecule has 2 aromatic heterocycles. The molecule has 0 saturated carbocycles. The first kappa shape index (κ1) is 15.1. The molecule has 2 heterocycles. The van der Waals surface area contributed by atoms with Crippen LogP contribution in [0.25, 0.3) is 10.2 Å². The van der Waals surface area contributed by atoms with Crippen molar-refractivity contribution in [1.82, 2.24) is 9.55 Å². The minimum absolute atomic E-state index is 0.0214. The third-order valence-electron chi connectivity index (χ3n) is 4.33. The minimum Gasteiger partial charge on any atom is -0.326 e. The van der Waals surface area contributed by atoms with E-state index < -0.39 is 0 Å². The average molecular weight is 339 g/mol. The first-order valence-electron chi connectivity index (χ1n) is 8.07. The molecule has 4 rings (SSSR count). The number of hydrogen-bond donors (Lipinski definition) is 1. The van der Waals surface area contributed by atoms with E-state index in [2.05, 4.69) is 10.3 Å². The number of amides is 1. The normalized spacial score (nSPS) is 13.2. The summed E-state index contributed by atoms with van der Waals surface area (Å²) >= 11 is 1.63. The van der Waals surface area contributed by atoms with Crippen LogP contribution in [-0.4, -0.2) is 15.5 Å². The van der Waals surface area contributed by atoms with Crippen molar-refractivity contribution in [3.8, 4) is 0 Å². The fraction of sp³-hybridized carbons (Fsp3) is 0.278. The van der Waals surface area contributed by atoms with E-state index in [0.29, 0.717) is 6.54 Å². The molecule has 1 aliphatic rings. The zero-order chi connectivity index (χ0) is 16.5. The summed E-state index contributed by atoms with van der Waals surface area (Å²) in [7, 11) is 0. The zero-order valence-corrected chi connectivity index (χ0v) is 13.9. The Bertz CT molecular complexity index is 960. The number of para-hydroxylation sites is 1. The lowest BCUT2D eigenvalue weighted by Crippen LogP contribution is -2.23. The molecule has 1 N–H and O–H groups in total. The maximum absolute atomic E-state index is 12.7. The number of rotatable bonds is 4. The summed E-state index contributed by atoms with van der Waals surface area (Å²) < 4.78 is 1.55. The molecular formula is C18H17N3O2S.